The summed E-state index contributed by atoms with van der Waals surface area (Å²) in [7, 11) is 0. The van der Waals surface area contributed by atoms with Crippen molar-refractivity contribution in [2.24, 2.45) is 11.8 Å². The van der Waals surface area contributed by atoms with E-state index in [9.17, 15) is 0 Å². The predicted molar refractivity (Wildman–Crippen MR) is 74.5 cm³/mol. The van der Waals surface area contributed by atoms with Crippen molar-refractivity contribution in [3.05, 3.63) is 23.0 Å². The molecular formula is C14H22ClN3. The van der Waals surface area contributed by atoms with Crippen LogP contribution in [0.3, 0.4) is 0 Å². The van der Waals surface area contributed by atoms with Gasteiger partial charge in [0.05, 0.1) is 5.69 Å². The zero-order valence-corrected chi connectivity index (χ0v) is 12.0. The quantitative estimate of drug-likeness (QED) is 0.841. The molecular weight excluding hydrogens is 246 g/mol. The van der Waals surface area contributed by atoms with Gasteiger partial charge in [-0.1, -0.05) is 25.4 Å². The molecule has 0 spiro atoms. The van der Waals surface area contributed by atoms with Gasteiger partial charge in [0.15, 0.2) is 5.15 Å². The fourth-order valence-corrected chi connectivity index (χ4v) is 2.76. The van der Waals surface area contributed by atoms with Crippen LogP contribution in [0.4, 0.5) is 0 Å². The smallest absolute Gasteiger partial charge is 0.151 e. The van der Waals surface area contributed by atoms with Crippen LogP contribution in [0.5, 0.6) is 0 Å². The molecule has 1 fully saturated rings. The maximum Gasteiger partial charge on any atom is 0.151 e. The third-order valence-corrected chi connectivity index (χ3v) is 4.08. The zero-order valence-electron chi connectivity index (χ0n) is 11.3. The molecule has 1 aromatic heterocycles. The van der Waals surface area contributed by atoms with Gasteiger partial charge in [0.1, 0.15) is 0 Å². The Labute approximate surface area is 115 Å². The molecule has 0 amide bonds. The van der Waals surface area contributed by atoms with Gasteiger partial charge < -0.3 is 0 Å². The minimum Gasteiger partial charge on any atom is -0.297 e. The Kier molecular flexibility index (Phi) is 4.95. The van der Waals surface area contributed by atoms with Crippen molar-refractivity contribution in [1.29, 1.82) is 0 Å². The SMILES string of the molecule is CC(C)C1CCCN(Cc2ccc(Cl)nn2)CC1. The van der Waals surface area contributed by atoms with Crippen molar-refractivity contribution in [3.63, 3.8) is 0 Å². The van der Waals surface area contributed by atoms with E-state index in [1.165, 1.54) is 32.4 Å². The van der Waals surface area contributed by atoms with Crippen molar-refractivity contribution in [2.75, 3.05) is 13.1 Å². The average molecular weight is 268 g/mol. The summed E-state index contributed by atoms with van der Waals surface area (Å²) in [5, 5.41) is 8.50. The van der Waals surface area contributed by atoms with E-state index in [4.69, 9.17) is 11.6 Å². The van der Waals surface area contributed by atoms with E-state index in [1.54, 1.807) is 0 Å². The van der Waals surface area contributed by atoms with Crippen molar-refractivity contribution in [1.82, 2.24) is 15.1 Å². The van der Waals surface area contributed by atoms with Gasteiger partial charge in [-0.2, -0.15) is 5.10 Å². The van der Waals surface area contributed by atoms with E-state index in [0.717, 1.165) is 24.1 Å². The van der Waals surface area contributed by atoms with Gasteiger partial charge in [-0.25, -0.2) is 0 Å². The molecule has 1 saturated heterocycles. The Hall–Kier alpha value is -0.670. The molecule has 1 aliphatic heterocycles. The lowest BCUT2D eigenvalue weighted by atomic mass is 9.89. The zero-order chi connectivity index (χ0) is 13.0. The van der Waals surface area contributed by atoms with Crippen LogP contribution >= 0.6 is 11.6 Å². The molecule has 18 heavy (non-hydrogen) atoms. The first kappa shape index (κ1) is 13.8. The third kappa shape index (κ3) is 3.92. The molecule has 2 rings (SSSR count). The highest BCUT2D eigenvalue weighted by atomic mass is 35.5. The molecule has 4 heteroatoms. The van der Waals surface area contributed by atoms with E-state index in [0.29, 0.717) is 5.15 Å². The first-order valence-corrected chi connectivity index (χ1v) is 7.23. The highest BCUT2D eigenvalue weighted by Crippen LogP contribution is 2.25. The molecule has 2 heterocycles. The summed E-state index contributed by atoms with van der Waals surface area (Å²) in [4.78, 5) is 2.49. The second kappa shape index (κ2) is 6.48. The summed E-state index contributed by atoms with van der Waals surface area (Å²) in [6, 6.07) is 3.79. The van der Waals surface area contributed by atoms with Gasteiger partial charge in [-0.05, 0) is 56.3 Å². The monoisotopic (exact) mass is 267 g/mol. The van der Waals surface area contributed by atoms with Gasteiger partial charge >= 0.3 is 0 Å². The Morgan fingerprint density at radius 3 is 2.78 bits per heavy atom. The molecule has 0 aliphatic carbocycles. The first-order chi connectivity index (χ1) is 8.65. The number of aromatic nitrogens is 2. The van der Waals surface area contributed by atoms with Gasteiger partial charge in [0.25, 0.3) is 0 Å². The van der Waals surface area contributed by atoms with E-state index < -0.39 is 0 Å². The third-order valence-electron chi connectivity index (χ3n) is 3.88. The normalized spacial score (nSPS) is 22.1. The van der Waals surface area contributed by atoms with Crippen LogP contribution in [0, 0.1) is 11.8 Å². The standard InChI is InChI=1S/C14H22ClN3/c1-11(2)12-4-3-8-18(9-7-12)10-13-5-6-14(15)17-16-13/h5-6,11-12H,3-4,7-10H2,1-2H3. The first-order valence-electron chi connectivity index (χ1n) is 6.85. The molecule has 1 aromatic rings. The summed E-state index contributed by atoms with van der Waals surface area (Å²) in [6.45, 7) is 7.92. The summed E-state index contributed by atoms with van der Waals surface area (Å²) >= 11 is 5.75. The van der Waals surface area contributed by atoms with Crippen LogP contribution in [0.15, 0.2) is 12.1 Å². The Balaban J connectivity index is 1.88. The molecule has 0 radical (unpaired) electrons. The van der Waals surface area contributed by atoms with E-state index in [1.807, 2.05) is 12.1 Å². The van der Waals surface area contributed by atoms with Gasteiger partial charge in [0.2, 0.25) is 0 Å². The Bertz CT molecular complexity index is 364. The lowest BCUT2D eigenvalue weighted by Crippen LogP contribution is -2.25. The average Bonchev–Trinajstić information content (AvgIpc) is 2.58. The Morgan fingerprint density at radius 2 is 2.11 bits per heavy atom. The minimum absolute atomic E-state index is 0.467. The lowest BCUT2D eigenvalue weighted by Gasteiger charge is -2.20. The molecule has 100 valence electrons. The largest absolute Gasteiger partial charge is 0.297 e. The fourth-order valence-electron chi connectivity index (χ4n) is 2.66. The number of nitrogens with zero attached hydrogens (tertiary/aromatic N) is 3. The van der Waals surface area contributed by atoms with Gasteiger partial charge in [-0.3, -0.25) is 4.90 Å². The summed E-state index contributed by atoms with van der Waals surface area (Å²) in [6.07, 6.45) is 3.96. The maximum atomic E-state index is 5.75. The topological polar surface area (TPSA) is 29.0 Å². The molecule has 0 N–H and O–H groups in total. The molecule has 3 nitrogen and oxygen atoms in total. The summed E-state index contributed by atoms with van der Waals surface area (Å²) < 4.78 is 0. The highest BCUT2D eigenvalue weighted by Gasteiger charge is 2.19. The van der Waals surface area contributed by atoms with E-state index in [2.05, 4.69) is 28.9 Å². The molecule has 0 aromatic carbocycles. The van der Waals surface area contributed by atoms with Crippen molar-refractivity contribution < 1.29 is 0 Å². The van der Waals surface area contributed by atoms with Crippen LogP contribution < -0.4 is 0 Å². The van der Waals surface area contributed by atoms with E-state index >= 15 is 0 Å². The van der Waals surface area contributed by atoms with Crippen LogP contribution in [0.1, 0.15) is 38.8 Å². The second-order valence-corrected chi connectivity index (χ2v) is 5.95. The number of hydrogen-bond donors (Lipinski definition) is 0. The van der Waals surface area contributed by atoms with Gasteiger partial charge in [-0.15, -0.1) is 5.10 Å². The van der Waals surface area contributed by atoms with Crippen LogP contribution in [0.25, 0.3) is 0 Å². The number of likely N-dealkylation sites (tertiary alicyclic amines) is 1. The number of rotatable bonds is 3. The second-order valence-electron chi connectivity index (χ2n) is 5.56. The van der Waals surface area contributed by atoms with Crippen molar-refractivity contribution in [2.45, 2.75) is 39.7 Å². The molecule has 1 atom stereocenters. The number of hydrogen-bond acceptors (Lipinski definition) is 3. The summed E-state index contributed by atoms with van der Waals surface area (Å²) in [5.74, 6) is 1.69. The highest BCUT2D eigenvalue weighted by molar-refractivity contribution is 6.29. The number of halogens is 1. The Morgan fingerprint density at radius 1 is 1.28 bits per heavy atom. The van der Waals surface area contributed by atoms with Crippen LogP contribution in [-0.4, -0.2) is 28.2 Å². The molecule has 1 aliphatic rings. The molecule has 0 saturated carbocycles. The van der Waals surface area contributed by atoms with Crippen molar-refractivity contribution in [3.8, 4) is 0 Å². The minimum atomic E-state index is 0.467. The fraction of sp³-hybridized carbons (Fsp3) is 0.714. The van der Waals surface area contributed by atoms with Crippen LogP contribution in [-0.2, 0) is 6.54 Å². The molecule has 1 unspecified atom stereocenters. The van der Waals surface area contributed by atoms with E-state index in [-0.39, 0.29) is 0 Å². The predicted octanol–water partition coefficient (Wildman–Crippen LogP) is 3.39. The summed E-state index contributed by atoms with van der Waals surface area (Å²) in [5.41, 5.74) is 1.02. The lowest BCUT2D eigenvalue weighted by molar-refractivity contribution is 0.261. The maximum absolute atomic E-state index is 5.75. The van der Waals surface area contributed by atoms with Gasteiger partial charge in [0, 0.05) is 6.54 Å². The van der Waals surface area contributed by atoms with Crippen molar-refractivity contribution >= 4 is 11.6 Å². The van der Waals surface area contributed by atoms with Crippen LogP contribution in [0.2, 0.25) is 5.15 Å². The molecule has 0 bridgehead atoms.